The van der Waals surface area contributed by atoms with Gasteiger partial charge in [0.25, 0.3) is 0 Å². The maximum atomic E-state index is 6.62. The number of nitrogens with zero attached hydrogens (tertiary/aromatic N) is 1. The molecule has 0 atom stereocenters. The summed E-state index contributed by atoms with van der Waals surface area (Å²) in [6.07, 6.45) is 11.7. The molecule has 0 bridgehead atoms. The van der Waals surface area contributed by atoms with E-state index in [0.29, 0.717) is 0 Å². The lowest BCUT2D eigenvalue weighted by Gasteiger charge is -2.29. The van der Waals surface area contributed by atoms with Gasteiger partial charge in [0.2, 0.25) is 0 Å². The summed E-state index contributed by atoms with van der Waals surface area (Å²) < 4.78 is 6.62. The number of hydrogen-bond donors (Lipinski definition) is 0. The first-order chi connectivity index (χ1) is 24.2. The van der Waals surface area contributed by atoms with Gasteiger partial charge in [-0.2, -0.15) is 0 Å². The molecule has 2 aliphatic rings. The number of benzene rings is 7. The van der Waals surface area contributed by atoms with Crippen LogP contribution in [0.5, 0.6) is 0 Å². The number of fused-ring (bicyclic) bond motifs is 10. The van der Waals surface area contributed by atoms with Crippen LogP contribution < -0.4 is 4.90 Å². The van der Waals surface area contributed by atoms with E-state index in [2.05, 4.69) is 145 Å². The predicted octanol–water partition coefficient (Wildman–Crippen LogP) is 13.2. The molecule has 0 saturated carbocycles. The van der Waals surface area contributed by atoms with Crippen LogP contribution in [0.4, 0.5) is 17.1 Å². The lowest BCUT2D eigenvalue weighted by Crippen LogP contribution is -2.14. The number of rotatable bonds is 4. The van der Waals surface area contributed by atoms with Crippen molar-refractivity contribution < 1.29 is 4.42 Å². The molecule has 49 heavy (non-hydrogen) atoms. The second-order valence-corrected chi connectivity index (χ2v) is 13.9. The van der Waals surface area contributed by atoms with Gasteiger partial charge in [0.05, 0.1) is 5.69 Å². The molecule has 0 radical (unpaired) electrons. The van der Waals surface area contributed by atoms with E-state index in [1.54, 1.807) is 0 Å². The maximum absolute atomic E-state index is 6.62. The molecule has 2 heteroatoms. The highest BCUT2D eigenvalue weighted by Crippen LogP contribution is 2.45. The van der Waals surface area contributed by atoms with Crippen molar-refractivity contribution in [2.45, 2.75) is 45.4 Å². The summed E-state index contributed by atoms with van der Waals surface area (Å²) in [6, 6.07) is 44.9. The minimum Gasteiger partial charge on any atom is -0.454 e. The summed E-state index contributed by atoms with van der Waals surface area (Å²) in [4.78, 5) is 2.42. The number of allylic oxidation sites excluding steroid dienone is 1. The Morgan fingerprint density at radius 2 is 1.29 bits per heavy atom. The molecule has 1 heterocycles. The first-order valence-electron chi connectivity index (χ1n) is 17.8. The topological polar surface area (TPSA) is 16.4 Å². The molecule has 236 valence electrons. The van der Waals surface area contributed by atoms with Gasteiger partial charge in [-0.3, -0.25) is 0 Å². The van der Waals surface area contributed by atoms with E-state index in [9.17, 15) is 0 Å². The van der Waals surface area contributed by atoms with Crippen LogP contribution in [0, 0.1) is 6.92 Å². The van der Waals surface area contributed by atoms with Crippen LogP contribution in [0.15, 0.2) is 132 Å². The number of para-hydroxylation sites is 2. The molecule has 2 aliphatic carbocycles. The highest BCUT2D eigenvalue weighted by Gasteiger charge is 2.23. The van der Waals surface area contributed by atoms with Crippen molar-refractivity contribution in [2.24, 2.45) is 0 Å². The van der Waals surface area contributed by atoms with Crippen LogP contribution in [-0.4, -0.2) is 0 Å². The predicted molar refractivity (Wildman–Crippen MR) is 208 cm³/mol. The van der Waals surface area contributed by atoms with Crippen molar-refractivity contribution >= 4 is 66.6 Å². The monoisotopic (exact) mass is 631 g/mol. The molecule has 8 aromatic rings. The maximum Gasteiger partial charge on any atom is 0.159 e. The molecule has 0 amide bonds. The normalized spacial score (nSPS) is 14.1. The Morgan fingerprint density at radius 3 is 2.14 bits per heavy atom. The zero-order valence-corrected chi connectivity index (χ0v) is 27.8. The molecule has 0 saturated heterocycles. The van der Waals surface area contributed by atoms with Gasteiger partial charge in [0.15, 0.2) is 5.58 Å². The summed E-state index contributed by atoms with van der Waals surface area (Å²) in [5.41, 5.74) is 14.9. The number of hydrogen-bond acceptors (Lipinski definition) is 2. The SMILES string of the molecule is Cc1cc2c(cc1N(c1ccc(-c3ccc4c5c(c6ccccc6c4c3)C=CCC5)cc1)c1cccc3c1oc1ccccc13)CCCC2. The van der Waals surface area contributed by atoms with Crippen molar-refractivity contribution in [3.05, 3.63) is 155 Å². The van der Waals surface area contributed by atoms with Crippen molar-refractivity contribution in [2.75, 3.05) is 4.90 Å². The van der Waals surface area contributed by atoms with E-state index in [1.165, 1.54) is 85.4 Å². The van der Waals surface area contributed by atoms with Crippen LogP contribution in [0.3, 0.4) is 0 Å². The third kappa shape index (κ3) is 4.54. The van der Waals surface area contributed by atoms with E-state index in [4.69, 9.17) is 4.42 Å². The fourth-order valence-corrected chi connectivity index (χ4v) is 8.61. The summed E-state index contributed by atoms with van der Waals surface area (Å²) in [7, 11) is 0. The van der Waals surface area contributed by atoms with E-state index in [0.717, 1.165) is 52.6 Å². The van der Waals surface area contributed by atoms with Gasteiger partial charge >= 0.3 is 0 Å². The largest absolute Gasteiger partial charge is 0.454 e. The Kier molecular flexibility index (Phi) is 6.52. The molecule has 7 aromatic carbocycles. The minimum atomic E-state index is 0.920. The average molecular weight is 632 g/mol. The molecule has 10 rings (SSSR count). The van der Waals surface area contributed by atoms with Crippen LogP contribution in [-0.2, 0) is 19.3 Å². The smallest absolute Gasteiger partial charge is 0.159 e. The molecule has 0 aliphatic heterocycles. The molecule has 0 spiro atoms. The standard InChI is InChI=1S/C47H37NO/c1-30-27-32-11-2-3-12-33(32)29-45(30)48(44-19-10-18-42-41-17-8-9-20-46(41)49-47(42)44)35-24-21-31(22-25-35)34-23-26-40-38-15-5-4-13-36(38)37-14-6-7-16-39(37)43(40)28-34/h4,6-10,13-14,16-29H,2-3,5,11-12,15H2,1H3. The Bertz CT molecular complexity index is 2620. The van der Waals surface area contributed by atoms with Crippen molar-refractivity contribution in [1.29, 1.82) is 0 Å². The lowest BCUT2D eigenvalue weighted by molar-refractivity contribution is 0.669. The van der Waals surface area contributed by atoms with Gasteiger partial charge in [-0.15, -0.1) is 0 Å². The minimum absolute atomic E-state index is 0.920. The Balaban J connectivity index is 1.13. The number of anilines is 3. The first-order valence-corrected chi connectivity index (χ1v) is 17.8. The van der Waals surface area contributed by atoms with Gasteiger partial charge in [-0.05, 0) is 142 Å². The van der Waals surface area contributed by atoms with Crippen LogP contribution in [0.25, 0.3) is 60.7 Å². The molecule has 0 N–H and O–H groups in total. The highest BCUT2D eigenvalue weighted by atomic mass is 16.3. The summed E-state index contributed by atoms with van der Waals surface area (Å²) in [5, 5.41) is 7.70. The van der Waals surface area contributed by atoms with E-state index < -0.39 is 0 Å². The van der Waals surface area contributed by atoms with Gasteiger partial charge < -0.3 is 9.32 Å². The lowest BCUT2D eigenvalue weighted by atomic mass is 9.86. The Labute approximate surface area is 286 Å². The fourth-order valence-electron chi connectivity index (χ4n) is 8.61. The summed E-state index contributed by atoms with van der Waals surface area (Å²) >= 11 is 0. The summed E-state index contributed by atoms with van der Waals surface area (Å²) in [5.74, 6) is 0. The zero-order chi connectivity index (χ0) is 32.5. The quantitative estimate of drug-likeness (QED) is 0.180. The van der Waals surface area contributed by atoms with Gasteiger partial charge in [0.1, 0.15) is 5.58 Å². The van der Waals surface area contributed by atoms with Crippen LogP contribution in [0.2, 0.25) is 0 Å². The third-order valence-electron chi connectivity index (χ3n) is 11.0. The van der Waals surface area contributed by atoms with E-state index in [-0.39, 0.29) is 0 Å². The summed E-state index contributed by atoms with van der Waals surface area (Å²) in [6.45, 7) is 2.26. The molecular formula is C47H37NO. The van der Waals surface area contributed by atoms with Crippen molar-refractivity contribution in [3.63, 3.8) is 0 Å². The van der Waals surface area contributed by atoms with Crippen LogP contribution >= 0.6 is 0 Å². The Morgan fingerprint density at radius 1 is 0.551 bits per heavy atom. The highest BCUT2D eigenvalue weighted by molar-refractivity contribution is 6.14. The molecule has 0 fully saturated rings. The zero-order valence-electron chi connectivity index (χ0n) is 27.8. The molecule has 2 nitrogen and oxygen atoms in total. The average Bonchev–Trinajstić information content (AvgIpc) is 3.55. The number of furan rings is 1. The third-order valence-corrected chi connectivity index (χ3v) is 11.0. The first kappa shape index (κ1) is 28.4. The van der Waals surface area contributed by atoms with Gasteiger partial charge in [0, 0.05) is 22.1 Å². The second kappa shape index (κ2) is 11.2. The van der Waals surface area contributed by atoms with E-state index in [1.807, 2.05) is 0 Å². The van der Waals surface area contributed by atoms with Crippen molar-refractivity contribution in [3.8, 4) is 11.1 Å². The molecule has 1 aromatic heterocycles. The number of aryl methyl sites for hydroxylation is 4. The van der Waals surface area contributed by atoms with Crippen molar-refractivity contribution in [1.82, 2.24) is 0 Å². The van der Waals surface area contributed by atoms with Crippen LogP contribution in [0.1, 0.15) is 47.1 Å². The fraction of sp³-hybridized carbons (Fsp3) is 0.149. The van der Waals surface area contributed by atoms with E-state index >= 15 is 0 Å². The van der Waals surface area contributed by atoms with Gasteiger partial charge in [-0.1, -0.05) is 97.1 Å². The molecule has 0 unspecified atom stereocenters. The molecular weight excluding hydrogens is 595 g/mol. The Hall–Kier alpha value is -5.60. The van der Waals surface area contributed by atoms with Gasteiger partial charge in [-0.25, -0.2) is 0 Å². The second-order valence-electron chi connectivity index (χ2n) is 13.9.